The van der Waals surface area contributed by atoms with Crippen molar-refractivity contribution in [1.29, 1.82) is 0 Å². The number of aliphatic hydroxyl groups is 1. The number of ether oxygens (including phenoxy) is 2. The predicted molar refractivity (Wildman–Crippen MR) is 74.7 cm³/mol. The van der Waals surface area contributed by atoms with Crippen molar-refractivity contribution in [3.8, 4) is 11.5 Å². The van der Waals surface area contributed by atoms with Crippen LogP contribution >= 0.6 is 11.6 Å². The third-order valence-electron chi connectivity index (χ3n) is 2.83. The van der Waals surface area contributed by atoms with Crippen molar-refractivity contribution in [2.45, 2.75) is 13.2 Å². The van der Waals surface area contributed by atoms with E-state index < -0.39 is 5.82 Å². The van der Waals surface area contributed by atoms with Gasteiger partial charge in [0.2, 0.25) is 0 Å². The highest BCUT2D eigenvalue weighted by atomic mass is 35.5. The molecule has 0 heterocycles. The maximum absolute atomic E-state index is 13.3. The Labute approximate surface area is 121 Å². The second-order valence-electron chi connectivity index (χ2n) is 4.14. The molecule has 0 fully saturated rings. The normalized spacial score (nSPS) is 10.4. The van der Waals surface area contributed by atoms with Crippen molar-refractivity contribution in [2.24, 2.45) is 0 Å². The standard InChI is InChI=1S/C15H14ClFO3/c1-19-14-7-10(8-18)5-6-13(14)20-9-11-3-2-4-12(17)15(11)16/h2-7,18H,8-9H2,1H3. The van der Waals surface area contributed by atoms with Crippen LogP contribution in [-0.4, -0.2) is 12.2 Å². The molecular formula is C15H14ClFO3. The zero-order valence-electron chi connectivity index (χ0n) is 10.9. The summed E-state index contributed by atoms with van der Waals surface area (Å²) in [6.45, 7) is 0.0534. The number of hydrogen-bond acceptors (Lipinski definition) is 3. The molecule has 0 aromatic heterocycles. The molecule has 0 unspecified atom stereocenters. The van der Waals surface area contributed by atoms with Gasteiger partial charge in [0.05, 0.1) is 18.7 Å². The van der Waals surface area contributed by atoms with E-state index in [2.05, 4.69) is 0 Å². The molecule has 106 valence electrons. The number of aliphatic hydroxyl groups excluding tert-OH is 1. The van der Waals surface area contributed by atoms with Crippen LogP contribution in [0.2, 0.25) is 5.02 Å². The van der Waals surface area contributed by atoms with Gasteiger partial charge in [-0.25, -0.2) is 4.39 Å². The Hall–Kier alpha value is -1.78. The van der Waals surface area contributed by atoms with Crippen LogP contribution in [0.3, 0.4) is 0 Å². The summed E-state index contributed by atoms with van der Waals surface area (Å²) in [5, 5.41) is 9.12. The smallest absolute Gasteiger partial charge is 0.161 e. The quantitative estimate of drug-likeness (QED) is 0.917. The van der Waals surface area contributed by atoms with Crippen LogP contribution in [0.15, 0.2) is 36.4 Å². The van der Waals surface area contributed by atoms with Gasteiger partial charge in [0.15, 0.2) is 11.5 Å². The van der Waals surface area contributed by atoms with E-state index in [9.17, 15) is 4.39 Å². The average Bonchev–Trinajstić information content (AvgIpc) is 2.48. The Kier molecular flexibility index (Phi) is 4.82. The molecule has 2 aromatic carbocycles. The van der Waals surface area contributed by atoms with Crippen molar-refractivity contribution in [3.05, 3.63) is 58.4 Å². The summed E-state index contributed by atoms with van der Waals surface area (Å²) < 4.78 is 24.1. The van der Waals surface area contributed by atoms with Gasteiger partial charge in [0, 0.05) is 5.56 Å². The molecule has 0 bridgehead atoms. The van der Waals surface area contributed by atoms with Crippen LogP contribution < -0.4 is 9.47 Å². The predicted octanol–water partition coefficient (Wildman–Crippen LogP) is 3.56. The number of halogens is 2. The third kappa shape index (κ3) is 3.21. The van der Waals surface area contributed by atoms with Gasteiger partial charge >= 0.3 is 0 Å². The first-order valence-electron chi connectivity index (χ1n) is 5.99. The molecule has 20 heavy (non-hydrogen) atoms. The van der Waals surface area contributed by atoms with Gasteiger partial charge < -0.3 is 14.6 Å². The zero-order valence-corrected chi connectivity index (χ0v) is 11.7. The number of benzene rings is 2. The fourth-order valence-electron chi connectivity index (χ4n) is 1.75. The van der Waals surface area contributed by atoms with Crippen LogP contribution in [0.5, 0.6) is 11.5 Å². The lowest BCUT2D eigenvalue weighted by molar-refractivity contribution is 0.274. The topological polar surface area (TPSA) is 38.7 Å². The first-order chi connectivity index (χ1) is 9.65. The number of rotatable bonds is 5. The van der Waals surface area contributed by atoms with Crippen molar-refractivity contribution < 1.29 is 19.0 Å². The SMILES string of the molecule is COc1cc(CO)ccc1OCc1cccc(F)c1Cl. The molecule has 5 heteroatoms. The van der Waals surface area contributed by atoms with Crippen LogP contribution in [0.25, 0.3) is 0 Å². The largest absolute Gasteiger partial charge is 0.493 e. The molecule has 0 radical (unpaired) electrons. The van der Waals surface area contributed by atoms with Crippen LogP contribution in [-0.2, 0) is 13.2 Å². The van der Waals surface area contributed by atoms with Crippen molar-refractivity contribution >= 4 is 11.6 Å². The fourth-order valence-corrected chi connectivity index (χ4v) is 1.93. The summed E-state index contributed by atoms with van der Waals surface area (Å²) in [5.41, 5.74) is 1.28. The van der Waals surface area contributed by atoms with E-state index in [0.717, 1.165) is 5.56 Å². The van der Waals surface area contributed by atoms with Crippen LogP contribution in [0, 0.1) is 5.82 Å². The Bertz CT molecular complexity index is 602. The maximum atomic E-state index is 13.3. The summed E-state index contributed by atoms with van der Waals surface area (Å²) >= 11 is 5.86. The molecule has 2 rings (SSSR count). The summed E-state index contributed by atoms with van der Waals surface area (Å²) in [4.78, 5) is 0. The minimum absolute atomic E-state index is 0.0541. The van der Waals surface area contributed by atoms with Gasteiger partial charge in [-0.3, -0.25) is 0 Å². The van der Waals surface area contributed by atoms with E-state index in [1.807, 2.05) is 0 Å². The van der Waals surface area contributed by atoms with Crippen molar-refractivity contribution in [2.75, 3.05) is 7.11 Å². The second-order valence-corrected chi connectivity index (χ2v) is 4.52. The molecule has 0 saturated carbocycles. The minimum Gasteiger partial charge on any atom is -0.493 e. The lowest BCUT2D eigenvalue weighted by Gasteiger charge is -2.12. The lowest BCUT2D eigenvalue weighted by Crippen LogP contribution is -2.00. The maximum Gasteiger partial charge on any atom is 0.161 e. The highest BCUT2D eigenvalue weighted by Crippen LogP contribution is 2.30. The van der Waals surface area contributed by atoms with E-state index in [4.69, 9.17) is 26.2 Å². The Balaban J connectivity index is 2.16. The molecular weight excluding hydrogens is 283 g/mol. The van der Waals surface area contributed by atoms with E-state index in [1.165, 1.54) is 13.2 Å². The van der Waals surface area contributed by atoms with Gasteiger partial charge in [0.25, 0.3) is 0 Å². The molecule has 0 aliphatic heterocycles. The fraction of sp³-hybridized carbons (Fsp3) is 0.200. The first kappa shape index (κ1) is 14.6. The molecule has 0 aliphatic carbocycles. The monoisotopic (exact) mass is 296 g/mol. The third-order valence-corrected chi connectivity index (χ3v) is 3.25. The summed E-state index contributed by atoms with van der Waals surface area (Å²) in [5.74, 6) is 0.532. The summed E-state index contributed by atoms with van der Waals surface area (Å²) in [6.07, 6.45) is 0. The Morgan fingerprint density at radius 1 is 1.20 bits per heavy atom. The Morgan fingerprint density at radius 3 is 2.70 bits per heavy atom. The van der Waals surface area contributed by atoms with Gasteiger partial charge in [-0.05, 0) is 23.8 Å². The van der Waals surface area contributed by atoms with E-state index >= 15 is 0 Å². The summed E-state index contributed by atoms with van der Waals surface area (Å²) in [6, 6.07) is 9.67. The van der Waals surface area contributed by atoms with E-state index in [1.54, 1.807) is 30.3 Å². The molecule has 0 amide bonds. The highest BCUT2D eigenvalue weighted by molar-refractivity contribution is 6.31. The lowest BCUT2D eigenvalue weighted by atomic mass is 10.2. The van der Waals surface area contributed by atoms with Gasteiger partial charge in [-0.15, -0.1) is 0 Å². The van der Waals surface area contributed by atoms with Gasteiger partial charge in [-0.2, -0.15) is 0 Å². The number of methoxy groups -OCH3 is 1. The highest BCUT2D eigenvalue weighted by Gasteiger charge is 2.09. The molecule has 0 aliphatic rings. The average molecular weight is 297 g/mol. The molecule has 0 spiro atoms. The Morgan fingerprint density at radius 2 is 2.00 bits per heavy atom. The van der Waals surface area contributed by atoms with E-state index in [0.29, 0.717) is 17.1 Å². The molecule has 0 saturated heterocycles. The molecule has 2 aromatic rings. The number of hydrogen-bond donors (Lipinski definition) is 1. The molecule has 1 N–H and O–H groups in total. The van der Waals surface area contributed by atoms with Crippen LogP contribution in [0.1, 0.15) is 11.1 Å². The minimum atomic E-state index is -0.477. The second kappa shape index (κ2) is 6.59. The summed E-state index contributed by atoms with van der Waals surface area (Å²) in [7, 11) is 1.51. The van der Waals surface area contributed by atoms with Crippen molar-refractivity contribution in [3.63, 3.8) is 0 Å². The van der Waals surface area contributed by atoms with Crippen molar-refractivity contribution in [1.82, 2.24) is 0 Å². The van der Waals surface area contributed by atoms with E-state index in [-0.39, 0.29) is 18.2 Å². The first-order valence-corrected chi connectivity index (χ1v) is 6.37. The zero-order chi connectivity index (χ0) is 14.5. The van der Waals surface area contributed by atoms with Gasteiger partial charge in [0.1, 0.15) is 12.4 Å². The van der Waals surface area contributed by atoms with Gasteiger partial charge in [-0.1, -0.05) is 29.8 Å². The van der Waals surface area contributed by atoms with Crippen LogP contribution in [0.4, 0.5) is 4.39 Å². The molecule has 0 atom stereocenters. The molecule has 3 nitrogen and oxygen atoms in total.